The first kappa shape index (κ1) is 14.3. The molecule has 0 radical (unpaired) electrons. The lowest BCUT2D eigenvalue weighted by Gasteiger charge is -2.06. The Bertz CT molecular complexity index is 465. The molecule has 0 atom stereocenters. The summed E-state index contributed by atoms with van der Waals surface area (Å²) in [6, 6.07) is 1.96. The van der Waals surface area contributed by atoms with Crippen LogP contribution >= 0.6 is 11.3 Å². The Morgan fingerprint density at radius 2 is 2.33 bits per heavy atom. The van der Waals surface area contributed by atoms with Gasteiger partial charge in [0.2, 0.25) is 0 Å². The maximum atomic E-state index is 11.8. The minimum atomic E-state index is -0.521. The Kier molecular flexibility index (Phi) is 5.42. The van der Waals surface area contributed by atoms with Gasteiger partial charge >= 0.3 is 5.97 Å². The van der Waals surface area contributed by atoms with Crippen molar-refractivity contribution in [2.24, 2.45) is 0 Å². The largest absolute Gasteiger partial charge is 0.462 e. The number of ether oxygens (including phenoxy) is 2. The molecule has 1 aromatic rings. The van der Waals surface area contributed by atoms with Crippen molar-refractivity contribution in [2.75, 3.05) is 37.9 Å². The third-order valence-electron chi connectivity index (χ3n) is 2.12. The lowest BCUT2D eigenvalue weighted by atomic mass is 10.2. The fourth-order valence-corrected chi connectivity index (χ4v) is 2.26. The number of hydrogen-bond acceptors (Lipinski definition) is 7. The van der Waals surface area contributed by atoms with Gasteiger partial charge in [0.15, 0.2) is 0 Å². The molecule has 6 nitrogen and oxygen atoms in total. The molecule has 0 saturated carbocycles. The third kappa shape index (κ3) is 3.12. The van der Waals surface area contributed by atoms with E-state index in [1.165, 1.54) is 0 Å². The number of carbonyl (C=O) groups is 1. The van der Waals surface area contributed by atoms with Gasteiger partial charge in [-0.05, 0) is 6.92 Å². The van der Waals surface area contributed by atoms with Gasteiger partial charge in [0.1, 0.15) is 21.5 Å². The molecule has 0 fully saturated rings. The number of rotatable bonds is 6. The highest BCUT2D eigenvalue weighted by Crippen LogP contribution is 2.35. The van der Waals surface area contributed by atoms with Crippen LogP contribution in [0.5, 0.6) is 0 Å². The van der Waals surface area contributed by atoms with Crippen molar-refractivity contribution in [1.82, 2.24) is 0 Å². The summed E-state index contributed by atoms with van der Waals surface area (Å²) in [4.78, 5) is 12.1. The second-order valence-electron chi connectivity index (χ2n) is 3.30. The number of methoxy groups -OCH3 is 1. The average Bonchev–Trinajstić information content (AvgIpc) is 2.66. The van der Waals surface area contributed by atoms with E-state index >= 15 is 0 Å². The molecule has 0 aromatic carbocycles. The van der Waals surface area contributed by atoms with Gasteiger partial charge in [0, 0.05) is 13.7 Å². The summed E-state index contributed by atoms with van der Waals surface area (Å²) in [5.41, 5.74) is 6.16. The van der Waals surface area contributed by atoms with Crippen LogP contribution in [0.15, 0.2) is 0 Å². The van der Waals surface area contributed by atoms with Gasteiger partial charge in [0.25, 0.3) is 0 Å². The molecule has 18 heavy (non-hydrogen) atoms. The topological polar surface area (TPSA) is 97.4 Å². The summed E-state index contributed by atoms with van der Waals surface area (Å²) in [7, 11) is 1.58. The zero-order valence-corrected chi connectivity index (χ0v) is 11.1. The number of esters is 1. The number of thiophene rings is 1. The molecule has 0 aliphatic heterocycles. The van der Waals surface area contributed by atoms with Gasteiger partial charge < -0.3 is 20.5 Å². The smallest absolute Gasteiger partial charge is 0.343 e. The van der Waals surface area contributed by atoms with Crippen molar-refractivity contribution >= 4 is 28.0 Å². The molecule has 1 heterocycles. The van der Waals surface area contributed by atoms with Crippen molar-refractivity contribution in [3.8, 4) is 6.07 Å². The lowest BCUT2D eigenvalue weighted by Crippen LogP contribution is -2.12. The van der Waals surface area contributed by atoms with Crippen molar-refractivity contribution in [1.29, 1.82) is 5.26 Å². The Labute approximate surface area is 109 Å². The van der Waals surface area contributed by atoms with Gasteiger partial charge in [-0.3, -0.25) is 0 Å². The number of nitrogens with zero attached hydrogens (tertiary/aromatic N) is 1. The van der Waals surface area contributed by atoms with Gasteiger partial charge in [-0.25, -0.2) is 4.79 Å². The molecule has 0 amide bonds. The van der Waals surface area contributed by atoms with Gasteiger partial charge in [-0.1, -0.05) is 0 Å². The zero-order chi connectivity index (χ0) is 13.5. The molecule has 0 unspecified atom stereocenters. The molecule has 0 aliphatic rings. The Balaban J connectivity index is 3.00. The summed E-state index contributed by atoms with van der Waals surface area (Å²) in [5.74, 6) is -0.521. The number of anilines is 2. The molecule has 98 valence electrons. The van der Waals surface area contributed by atoms with E-state index < -0.39 is 5.97 Å². The zero-order valence-electron chi connectivity index (χ0n) is 10.3. The molecule has 0 aliphatic carbocycles. The number of nitrogens with two attached hydrogens (primary N) is 1. The molecule has 7 heteroatoms. The van der Waals surface area contributed by atoms with Crippen molar-refractivity contribution in [3.05, 3.63) is 10.4 Å². The molecular formula is C11H15N3O3S. The number of nitriles is 1. The standard InChI is InChI=1S/C11H15N3O3S/c1-3-17-11(15)8-9(13)7(6-12)18-10(8)14-4-5-16-2/h14H,3-5,13H2,1-2H3. The van der Waals surface area contributed by atoms with Crippen molar-refractivity contribution in [2.45, 2.75) is 6.92 Å². The van der Waals surface area contributed by atoms with Crippen LogP contribution < -0.4 is 11.1 Å². The number of carbonyl (C=O) groups excluding carboxylic acids is 1. The van der Waals surface area contributed by atoms with E-state index in [0.717, 1.165) is 11.3 Å². The monoisotopic (exact) mass is 269 g/mol. The van der Waals surface area contributed by atoms with E-state index in [0.29, 0.717) is 23.0 Å². The molecule has 0 spiro atoms. The van der Waals surface area contributed by atoms with E-state index in [1.807, 2.05) is 6.07 Å². The fraction of sp³-hybridized carbons (Fsp3) is 0.455. The number of nitrogen functional groups attached to an aromatic ring is 1. The third-order valence-corrected chi connectivity index (χ3v) is 3.19. The van der Waals surface area contributed by atoms with Crippen LogP contribution in [-0.4, -0.2) is 32.8 Å². The summed E-state index contributed by atoms with van der Waals surface area (Å²) in [6.07, 6.45) is 0. The molecule has 3 N–H and O–H groups in total. The second-order valence-corrected chi connectivity index (χ2v) is 4.32. The van der Waals surface area contributed by atoms with Crippen molar-refractivity contribution < 1.29 is 14.3 Å². The maximum absolute atomic E-state index is 11.8. The summed E-state index contributed by atoms with van der Waals surface area (Å²) < 4.78 is 9.83. The molecule has 1 rings (SSSR count). The van der Waals surface area contributed by atoms with E-state index in [1.54, 1.807) is 14.0 Å². The minimum Gasteiger partial charge on any atom is -0.462 e. The predicted molar refractivity (Wildman–Crippen MR) is 69.8 cm³/mol. The van der Waals surface area contributed by atoms with Crippen molar-refractivity contribution in [3.63, 3.8) is 0 Å². The number of nitrogens with one attached hydrogen (secondary N) is 1. The predicted octanol–water partition coefficient (Wildman–Crippen LogP) is 1.44. The Morgan fingerprint density at radius 3 is 2.89 bits per heavy atom. The minimum absolute atomic E-state index is 0.167. The molecule has 1 aromatic heterocycles. The molecular weight excluding hydrogens is 254 g/mol. The first-order chi connectivity index (χ1) is 8.65. The Morgan fingerprint density at radius 1 is 1.61 bits per heavy atom. The van der Waals surface area contributed by atoms with E-state index in [4.69, 9.17) is 20.5 Å². The van der Waals surface area contributed by atoms with Gasteiger partial charge in [-0.2, -0.15) is 5.26 Å². The maximum Gasteiger partial charge on any atom is 0.343 e. The van der Waals surface area contributed by atoms with E-state index in [9.17, 15) is 4.79 Å². The van der Waals surface area contributed by atoms with Crippen LogP contribution in [0.2, 0.25) is 0 Å². The Hall–Kier alpha value is -1.78. The average molecular weight is 269 g/mol. The van der Waals surface area contributed by atoms with Crippen LogP contribution in [-0.2, 0) is 9.47 Å². The van der Waals surface area contributed by atoms with Crippen LogP contribution in [0.25, 0.3) is 0 Å². The van der Waals surface area contributed by atoms with E-state index in [-0.39, 0.29) is 17.9 Å². The van der Waals surface area contributed by atoms with Crippen LogP contribution in [0.4, 0.5) is 10.7 Å². The van der Waals surface area contributed by atoms with Crippen LogP contribution in [0.1, 0.15) is 22.2 Å². The molecule has 0 bridgehead atoms. The van der Waals surface area contributed by atoms with Gasteiger partial charge in [-0.15, -0.1) is 11.3 Å². The SMILES string of the molecule is CCOC(=O)c1c(NCCOC)sc(C#N)c1N. The highest BCUT2D eigenvalue weighted by Gasteiger charge is 2.22. The summed E-state index contributed by atoms with van der Waals surface area (Å²) >= 11 is 1.14. The fourth-order valence-electron chi connectivity index (χ4n) is 1.32. The number of hydrogen-bond donors (Lipinski definition) is 2. The summed E-state index contributed by atoms with van der Waals surface area (Å²) in [6.45, 7) is 2.98. The van der Waals surface area contributed by atoms with Crippen LogP contribution in [0.3, 0.4) is 0 Å². The summed E-state index contributed by atoms with van der Waals surface area (Å²) in [5, 5.41) is 12.5. The van der Waals surface area contributed by atoms with Crippen LogP contribution in [0, 0.1) is 11.3 Å². The normalized spacial score (nSPS) is 9.83. The molecule has 0 saturated heterocycles. The van der Waals surface area contributed by atoms with Gasteiger partial charge in [0.05, 0.1) is 18.9 Å². The van der Waals surface area contributed by atoms with E-state index in [2.05, 4.69) is 5.32 Å². The first-order valence-electron chi connectivity index (χ1n) is 5.38. The first-order valence-corrected chi connectivity index (χ1v) is 6.19. The lowest BCUT2D eigenvalue weighted by molar-refractivity contribution is 0.0529. The second kappa shape index (κ2) is 6.83. The highest BCUT2D eigenvalue weighted by molar-refractivity contribution is 7.17. The highest BCUT2D eigenvalue weighted by atomic mass is 32.1. The quantitative estimate of drug-likeness (QED) is 0.599.